The molecule has 1 rings (SSSR count). The molecule has 0 amide bonds. The molecule has 0 bridgehead atoms. The van der Waals surface area contributed by atoms with E-state index in [1.807, 2.05) is 39.3 Å². The fourth-order valence-corrected chi connectivity index (χ4v) is 4.76. The monoisotopic (exact) mass is 342 g/mol. The molecule has 1 aliphatic carbocycles. The summed E-state index contributed by atoms with van der Waals surface area (Å²) >= 11 is 0. The number of methoxy groups -OCH3 is 2. The van der Waals surface area contributed by atoms with E-state index in [9.17, 15) is 9.59 Å². The van der Waals surface area contributed by atoms with E-state index in [0.29, 0.717) is 10.8 Å². The summed E-state index contributed by atoms with van der Waals surface area (Å²) in [6.07, 6.45) is 0. The first-order valence-corrected chi connectivity index (χ1v) is 14.1. The summed E-state index contributed by atoms with van der Waals surface area (Å²) in [6.45, 7) is 12.4. The van der Waals surface area contributed by atoms with Crippen LogP contribution in [0.4, 0.5) is 0 Å². The fourth-order valence-electron chi connectivity index (χ4n) is 2.30. The van der Waals surface area contributed by atoms with Crippen molar-refractivity contribution in [2.45, 2.75) is 39.3 Å². The van der Waals surface area contributed by atoms with E-state index in [2.05, 4.69) is 0 Å². The van der Waals surface area contributed by atoms with Gasteiger partial charge in [-0.3, -0.25) is 9.59 Å². The third-order valence-electron chi connectivity index (χ3n) is 3.23. The van der Waals surface area contributed by atoms with Crippen LogP contribution in [0.3, 0.4) is 0 Å². The molecule has 0 saturated carbocycles. The summed E-state index contributed by atoms with van der Waals surface area (Å²) in [5, 5.41) is 0.577. The first kappa shape index (κ1) is 18.9. The maximum Gasteiger partial charge on any atom is 0.229 e. The van der Waals surface area contributed by atoms with Crippen LogP contribution in [0.2, 0.25) is 39.3 Å². The van der Waals surface area contributed by atoms with Gasteiger partial charge in [0.25, 0.3) is 0 Å². The van der Waals surface area contributed by atoms with Crippen molar-refractivity contribution in [3.05, 3.63) is 22.3 Å². The highest BCUT2D eigenvalue weighted by Crippen LogP contribution is 2.32. The minimum absolute atomic E-state index is 0.00155. The molecular weight excluding hydrogens is 316 g/mol. The standard InChI is InChI=1S/C15H26O5Si2/c1-18-13-11(16)10(9-20-22(6,7)8)15(21(3,4)5)12(17)14(13)19-2/h9H2,1-8H3. The van der Waals surface area contributed by atoms with Crippen LogP contribution in [0.15, 0.2) is 22.3 Å². The van der Waals surface area contributed by atoms with Gasteiger partial charge in [0.1, 0.15) is 0 Å². The van der Waals surface area contributed by atoms with E-state index in [1.165, 1.54) is 14.2 Å². The Bertz CT molecular complexity index is 547. The van der Waals surface area contributed by atoms with Crippen molar-refractivity contribution in [1.29, 1.82) is 0 Å². The molecule has 0 saturated heterocycles. The number of Topliss-reactive ketones (excluding diaryl/α,β-unsaturated/α-hetero) is 2. The van der Waals surface area contributed by atoms with Crippen LogP contribution in [-0.2, 0) is 23.5 Å². The van der Waals surface area contributed by atoms with Gasteiger partial charge in [0.15, 0.2) is 8.32 Å². The van der Waals surface area contributed by atoms with Crippen molar-refractivity contribution in [2.75, 3.05) is 20.8 Å². The number of hydrogen-bond donors (Lipinski definition) is 0. The second kappa shape index (κ2) is 6.51. The van der Waals surface area contributed by atoms with Crippen LogP contribution in [-0.4, -0.2) is 48.8 Å². The Kier molecular flexibility index (Phi) is 5.58. The molecule has 0 spiro atoms. The van der Waals surface area contributed by atoms with Crippen molar-refractivity contribution in [1.82, 2.24) is 0 Å². The van der Waals surface area contributed by atoms with Gasteiger partial charge in [-0.05, 0) is 24.8 Å². The van der Waals surface area contributed by atoms with E-state index in [1.54, 1.807) is 0 Å². The van der Waals surface area contributed by atoms with Crippen LogP contribution in [0.1, 0.15) is 0 Å². The third-order valence-corrected chi connectivity index (χ3v) is 6.27. The van der Waals surface area contributed by atoms with Gasteiger partial charge in [-0.25, -0.2) is 0 Å². The molecule has 0 aromatic rings. The molecule has 0 fully saturated rings. The number of ketones is 2. The quantitative estimate of drug-likeness (QED) is 0.548. The van der Waals surface area contributed by atoms with E-state index in [-0.39, 0.29) is 29.7 Å². The molecule has 22 heavy (non-hydrogen) atoms. The zero-order valence-corrected chi connectivity index (χ0v) is 16.7. The summed E-state index contributed by atoms with van der Waals surface area (Å²) < 4.78 is 16.1. The summed E-state index contributed by atoms with van der Waals surface area (Å²) in [7, 11) is -1.10. The van der Waals surface area contributed by atoms with Gasteiger partial charge in [-0.2, -0.15) is 0 Å². The second-order valence-corrected chi connectivity index (χ2v) is 16.7. The first-order valence-electron chi connectivity index (χ1n) is 7.23. The van der Waals surface area contributed by atoms with Crippen LogP contribution in [0.5, 0.6) is 0 Å². The Hall–Kier alpha value is -1.19. The number of carbonyl (C=O) groups excluding carboxylic acids is 2. The van der Waals surface area contributed by atoms with Crippen molar-refractivity contribution in [2.24, 2.45) is 0 Å². The largest absolute Gasteiger partial charge is 0.490 e. The van der Waals surface area contributed by atoms with Gasteiger partial charge in [0, 0.05) is 5.57 Å². The van der Waals surface area contributed by atoms with E-state index in [0.717, 1.165) is 0 Å². The lowest BCUT2D eigenvalue weighted by atomic mass is 10.0. The van der Waals surface area contributed by atoms with E-state index in [4.69, 9.17) is 13.9 Å². The summed E-state index contributed by atoms with van der Waals surface area (Å²) in [6, 6.07) is 0. The Morgan fingerprint density at radius 2 is 1.27 bits per heavy atom. The first-order chi connectivity index (χ1) is 9.94. The third kappa shape index (κ3) is 3.96. The van der Waals surface area contributed by atoms with Crippen LogP contribution < -0.4 is 0 Å². The average Bonchev–Trinajstić information content (AvgIpc) is 2.35. The van der Waals surface area contributed by atoms with Crippen LogP contribution >= 0.6 is 0 Å². The van der Waals surface area contributed by atoms with Crippen molar-refractivity contribution in [3.8, 4) is 0 Å². The van der Waals surface area contributed by atoms with E-state index >= 15 is 0 Å². The summed E-state index contributed by atoms with van der Waals surface area (Å²) in [4.78, 5) is 25.5. The maximum atomic E-state index is 12.8. The smallest absolute Gasteiger partial charge is 0.229 e. The number of hydrogen-bond acceptors (Lipinski definition) is 5. The lowest BCUT2D eigenvalue weighted by Crippen LogP contribution is -2.40. The predicted molar refractivity (Wildman–Crippen MR) is 90.7 cm³/mol. The lowest BCUT2D eigenvalue weighted by molar-refractivity contribution is -0.121. The van der Waals surface area contributed by atoms with Gasteiger partial charge >= 0.3 is 0 Å². The summed E-state index contributed by atoms with van der Waals surface area (Å²) in [5.74, 6) is -0.563. The van der Waals surface area contributed by atoms with Gasteiger partial charge < -0.3 is 13.9 Å². The Balaban J connectivity index is 3.42. The molecule has 7 heteroatoms. The SMILES string of the molecule is COC1=C(OC)C(=O)C([Si](C)(C)C)=C(CO[Si](C)(C)C)C1=O. The number of ether oxygens (including phenoxy) is 2. The minimum Gasteiger partial charge on any atom is -0.490 e. The number of carbonyl (C=O) groups is 2. The molecule has 0 radical (unpaired) electrons. The lowest BCUT2D eigenvalue weighted by Gasteiger charge is -2.29. The minimum atomic E-state index is -2.05. The van der Waals surface area contributed by atoms with Gasteiger partial charge in [0.05, 0.1) is 28.9 Å². The molecule has 0 aromatic heterocycles. The average molecular weight is 343 g/mol. The predicted octanol–water partition coefficient (Wildman–Crippen LogP) is 2.67. The van der Waals surface area contributed by atoms with Gasteiger partial charge in [0.2, 0.25) is 23.1 Å². The van der Waals surface area contributed by atoms with Gasteiger partial charge in [-0.1, -0.05) is 19.6 Å². The summed E-state index contributed by atoms with van der Waals surface area (Å²) in [5.41, 5.74) is 0.434. The normalized spacial score (nSPS) is 17.3. The molecule has 0 atom stereocenters. The Morgan fingerprint density at radius 3 is 1.64 bits per heavy atom. The van der Waals surface area contributed by atoms with Gasteiger partial charge in [-0.15, -0.1) is 0 Å². The Labute approximate surface area is 134 Å². The molecule has 0 aliphatic heterocycles. The zero-order chi connectivity index (χ0) is 17.3. The molecule has 1 aliphatic rings. The topological polar surface area (TPSA) is 61.8 Å². The molecule has 0 unspecified atom stereocenters. The van der Waals surface area contributed by atoms with Crippen molar-refractivity contribution >= 4 is 28.0 Å². The van der Waals surface area contributed by atoms with Crippen molar-refractivity contribution in [3.63, 3.8) is 0 Å². The number of rotatable bonds is 6. The second-order valence-electron chi connectivity index (χ2n) is 7.23. The highest BCUT2D eigenvalue weighted by molar-refractivity contribution is 6.88. The Morgan fingerprint density at radius 1 is 0.818 bits per heavy atom. The highest BCUT2D eigenvalue weighted by Gasteiger charge is 2.42. The fraction of sp³-hybridized carbons (Fsp3) is 0.600. The molecule has 0 N–H and O–H groups in total. The molecule has 0 heterocycles. The zero-order valence-electron chi connectivity index (χ0n) is 14.7. The molecular formula is C15H26O5Si2. The van der Waals surface area contributed by atoms with Crippen molar-refractivity contribution < 1.29 is 23.5 Å². The molecule has 5 nitrogen and oxygen atoms in total. The van der Waals surface area contributed by atoms with Crippen LogP contribution in [0.25, 0.3) is 0 Å². The van der Waals surface area contributed by atoms with Crippen LogP contribution in [0, 0.1) is 0 Å². The highest BCUT2D eigenvalue weighted by atomic mass is 28.4. The van der Waals surface area contributed by atoms with E-state index < -0.39 is 16.4 Å². The molecule has 124 valence electrons. The number of allylic oxidation sites excluding steroid dienone is 2. The maximum absolute atomic E-state index is 12.8. The molecule has 0 aromatic carbocycles.